The van der Waals surface area contributed by atoms with Crippen LogP contribution in [-0.4, -0.2) is 65.7 Å². The molecular formula is C30H33F3N6O3. The highest BCUT2D eigenvalue weighted by Crippen LogP contribution is 2.34. The van der Waals surface area contributed by atoms with Crippen molar-refractivity contribution in [2.24, 2.45) is 0 Å². The quantitative estimate of drug-likeness (QED) is 0.248. The predicted octanol–water partition coefficient (Wildman–Crippen LogP) is 5.22. The van der Waals surface area contributed by atoms with Gasteiger partial charge in [-0.1, -0.05) is 18.2 Å². The maximum absolute atomic E-state index is 14.9. The van der Waals surface area contributed by atoms with Crippen LogP contribution in [0.5, 0.6) is 5.88 Å². The van der Waals surface area contributed by atoms with Gasteiger partial charge >= 0.3 is 0 Å². The number of alkyl halides is 2. The number of fused-ring (bicyclic) bond motifs is 1. The van der Waals surface area contributed by atoms with Crippen LogP contribution in [0.3, 0.4) is 0 Å². The fraction of sp³-hybridized carbons (Fsp3) is 0.333. The minimum absolute atomic E-state index is 0.0700. The molecular weight excluding hydrogens is 549 g/mol. The second-order valence-electron chi connectivity index (χ2n) is 9.97. The maximum Gasteiger partial charge on any atom is 0.266 e. The summed E-state index contributed by atoms with van der Waals surface area (Å²) in [5.41, 5.74) is 2.04. The van der Waals surface area contributed by atoms with Crippen molar-refractivity contribution in [3.05, 3.63) is 77.0 Å². The van der Waals surface area contributed by atoms with E-state index in [1.54, 1.807) is 33.3 Å². The molecule has 0 aliphatic carbocycles. The summed E-state index contributed by atoms with van der Waals surface area (Å²) in [5.74, 6) is 0.0128. The van der Waals surface area contributed by atoms with E-state index < -0.39 is 23.8 Å². The van der Waals surface area contributed by atoms with Crippen LogP contribution in [0.4, 0.5) is 30.4 Å². The van der Waals surface area contributed by atoms with Gasteiger partial charge in [0.2, 0.25) is 11.8 Å². The number of anilines is 3. The topological polar surface area (TPSA) is 104 Å². The number of halogens is 3. The lowest BCUT2D eigenvalue weighted by Gasteiger charge is -2.23. The first-order valence-electron chi connectivity index (χ1n) is 13.2. The number of rotatable bonds is 11. The van der Waals surface area contributed by atoms with Crippen LogP contribution in [0.2, 0.25) is 0 Å². The highest BCUT2D eigenvalue weighted by Gasteiger charge is 2.21. The zero-order valence-electron chi connectivity index (χ0n) is 24.0. The molecule has 2 N–H and O–H groups in total. The Bertz CT molecular complexity index is 1580. The summed E-state index contributed by atoms with van der Waals surface area (Å²) in [5, 5.41) is 13.2. The largest absolute Gasteiger partial charge is 0.481 e. The molecule has 0 spiro atoms. The Morgan fingerprint density at radius 1 is 1.07 bits per heavy atom. The molecule has 2 heterocycles. The second-order valence-corrected chi connectivity index (χ2v) is 9.97. The summed E-state index contributed by atoms with van der Waals surface area (Å²) in [4.78, 5) is 29.2. The number of hydrogen-bond donors (Lipinski definition) is 2. The number of nitrogens with zero attached hydrogens (tertiary/aromatic N) is 5. The van der Waals surface area contributed by atoms with E-state index in [-0.39, 0.29) is 30.9 Å². The number of benzene rings is 2. The number of aliphatic hydroxyl groups is 1. The summed E-state index contributed by atoms with van der Waals surface area (Å²) in [6.45, 7) is 1.48. The predicted molar refractivity (Wildman–Crippen MR) is 155 cm³/mol. The number of pyridine rings is 1. The van der Waals surface area contributed by atoms with Crippen LogP contribution in [0.1, 0.15) is 41.9 Å². The smallest absolute Gasteiger partial charge is 0.266 e. The number of aliphatic hydroxyl groups excluding tert-OH is 1. The minimum atomic E-state index is -2.94. The Hall–Kier alpha value is -4.45. The number of nitrogens with one attached hydrogen (secondary N) is 1. The van der Waals surface area contributed by atoms with Crippen LogP contribution in [0.25, 0.3) is 10.9 Å². The molecule has 42 heavy (non-hydrogen) atoms. The van der Waals surface area contributed by atoms with Crippen molar-refractivity contribution in [3.8, 4) is 5.88 Å². The molecule has 0 aliphatic rings. The van der Waals surface area contributed by atoms with Crippen molar-refractivity contribution in [1.82, 2.24) is 19.9 Å². The fourth-order valence-electron chi connectivity index (χ4n) is 4.50. The van der Waals surface area contributed by atoms with E-state index in [1.807, 2.05) is 30.1 Å². The van der Waals surface area contributed by atoms with Gasteiger partial charge in [-0.15, -0.1) is 0 Å². The van der Waals surface area contributed by atoms with Crippen LogP contribution in [0, 0.1) is 5.82 Å². The summed E-state index contributed by atoms with van der Waals surface area (Å²) in [6.07, 6.45) is -1.01. The van der Waals surface area contributed by atoms with E-state index in [0.29, 0.717) is 39.7 Å². The van der Waals surface area contributed by atoms with E-state index in [0.717, 1.165) is 11.8 Å². The third-order valence-corrected chi connectivity index (χ3v) is 6.89. The van der Waals surface area contributed by atoms with E-state index in [1.165, 1.54) is 24.1 Å². The molecule has 2 aromatic heterocycles. The molecule has 0 bridgehead atoms. The van der Waals surface area contributed by atoms with Crippen LogP contribution >= 0.6 is 0 Å². The van der Waals surface area contributed by atoms with E-state index >= 15 is 0 Å². The van der Waals surface area contributed by atoms with Gasteiger partial charge in [0.25, 0.3) is 6.43 Å². The van der Waals surface area contributed by atoms with Gasteiger partial charge in [-0.25, -0.2) is 28.1 Å². The van der Waals surface area contributed by atoms with Crippen LogP contribution < -0.4 is 15.0 Å². The summed E-state index contributed by atoms with van der Waals surface area (Å²) in [7, 11) is 6.69. The molecule has 4 aromatic rings. The molecule has 9 nitrogen and oxygen atoms in total. The van der Waals surface area contributed by atoms with Gasteiger partial charge in [0.15, 0.2) is 0 Å². The van der Waals surface area contributed by atoms with Gasteiger partial charge in [-0.05, 0) is 31.2 Å². The Balaban J connectivity index is 1.74. The summed E-state index contributed by atoms with van der Waals surface area (Å²) in [6, 6.07) is 10.5. The lowest BCUT2D eigenvalue weighted by Crippen LogP contribution is -2.24. The number of carbonyl (C=O) groups is 1. The standard InChI is InChI=1S/C30H33F3N6O3/c1-17(21-7-6-8-22(27(21)31)28(32)33)35-29-23-15-19(9-10-24(23)36-25(37-29)11-12-40)39(4)20-13-18(14-26(41)38(2)3)30(42-5)34-16-20/h6-10,13,15-17,28,40H,11-12,14H2,1-5H3,(H,35,36,37)/t17-/m1/s1. The molecule has 4 rings (SSSR count). The first-order chi connectivity index (χ1) is 20.0. The van der Waals surface area contributed by atoms with Gasteiger partial charge in [0.1, 0.15) is 17.5 Å². The molecule has 0 saturated heterocycles. The van der Waals surface area contributed by atoms with Crippen molar-refractivity contribution in [3.63, 3.8) is 0 Å². The van der Waals surface area contributed by atoms with Crippen molar-refractivity contribution in [2.45, 2.75) is 32.2 Å². The Kier molecular flexibility index (Phi) is 9.46. The van der Waals surface area contributed by atoms with Crippen molar-refractivity contribution >= 4 is 34.0 Å². The average Bonchev–Trinajstić information content (AvgIpc) is 2.96. The Morgan fingerprint density at radius 3 is 2.48 bits per heavy atom. The Morgan fingerprint density at radius 2 is 1.81 bits per heavy atom. The van der Waals surface area contributed by atoms with Crippen molar-refractivity contribution in [1.29, 1.82) is 0 Å². The second kappa shape index (κ2) is 13.0. The number of likely N-dealkylation sites (N-methyl/N-ethyl adjacent to an activating group) is 1. The summed E-state index contributed by atoms with van der Waals surface area (Å²) >= 11 is 0. The number of hydrogen-bond acceptors (Lipinski definition) is 8. The molecule has 222 valence electrons. The Labute approximate surface area is 242 Å². The van der Waals surface area contributed by atoms with Gasteiger partial charge in [0, 0.05) is 49.8 Å². The highest BCUT2D eigenvalue weighted by molar-refractivity contribution is 5.92. The van der Waals surface area contributed by atoms with Gasteiger partial charge in [0.05, 0.1) is 49.1 Å². The van der Waals surface area contributed by atoms with E-state index in [2.05, 4.69) is 20.3 Å². The average molecular weight is 583 g/mol. The normalized spacial score (nSPS) is 12.0. The van der Waals surface area contributed by atoms with Gasteiger partial charge in [-0.2, -0.15) is 0 Å². The van der Waals surface area contributed by atoms with Gasteiger partial charge < -0.3 is 25.0 Å². The molecule has 0 fully saturated rings. The first-order valence-corrected chi connectivity index (χ1v) is 13.2. The lowest BCUT2D eigenvalue weighted by molar-refractivity contribution is -0.128. The zero-order chi connectivity index (χ0) is 30.6. The van der Waals surface area contributed by atoms with Crippen molar-refractivity contribution < 1.29 is 27.8 Å². The number of amides is 1. The third-order valence-electron chi connectivity index (χ3n) is 6.89. The molecule has 0 radical (unpaired) electrons. The van der Waals surface area contributed by atoms with Crippen molar-refractivity contribution in [2.75, 3.05) is 45.1 Å². The van der Waals surface area contributed by atoms with E-state index in [4.69, 9.17) is 4.74 Å². The maximum atomic E-state index is 14.9. The minimum Gasteiger partial charge on any atom is -0.481 e. The highest BCUT2D eigenvalue weighted by atomic mass is 19.3. The number of carbonyl (C=O) groups excluding carboxylic acids is 1. The molecule has 0 aliphatic heterocycles. The molecule has 0 saturated carbocycles. The number of aromatic nitrogens is 3. The zero-order valence-corrected chi connectivity index (χ0v) is 24.0. The SMILES string of the molecule is COc1ncc(N(C)c2ccc3nc(CCO)nc(N[C@H](C)c4cccc(C(F)F)c4F)c3c2)cc1CC(=O)N(C)C. The monoisotopic (exact) mass is 582 g/mol. The molecule has 12 heteroatoms. The number of methoxy groups -OCH3 is 1. The fourth-order valence-corrected chi connectivity index (χ4v) is 4.50. The molecule has 1 amide bonds. The van der Waals surface area contributed by atoms with Crippen LogP contribution in [-0.2, 0) is 17.6 Å². The lowest BCUT2D eigenvalue weighted by atomic mass is 10.0. The molecule has 1 atom stereocenters. The number of ether oxygens (including phenoxy) is 1. The molecule has 0 unspecified atom stereocenters. The third kappa shape index (κ3) is 6.54. The van der Waals surface area contributed by atoms with Crippen LogP contribution in [0.15, 0.2) is 48.7 Å². The summed E-state index contributed by atoms with van der Waals surface area (Å²) < 4.78 is 46.9. The van der Waals surface area contributed by atoms with E-state index in [9.17, 15) is 23.1 Å². The molecule has 2 aromatic carbocycles. The van der Waals surface area contributed by atoms with Gasteiger partial charge in [-0.3, -0.25) is 4.79 Å². The first kappa shape index (κ1) is 30.5.